The van der Waals surface area contributed by atoms with Crippen LogP contribution in [0.1, 0.15) is 37.8 Å². The number of rotatable bonds is 6. The number of nitrogens with one attached hydrogen (secondary N) is 2. The lowest BCUT2D eigenvalue weighted by Crippen LogP contribution is -2.42. The van der Waals surface area contributed by atoms with Crippen molar-refractivity contribution in [3.8, 4) is 5.75 Å². The third-order valence-electron chi connectivity index (χ3n) is 3.41. The Morgan fingerprint density at radius 1 is 1.43 bits per heavy atom. The number of carbonyl (C=O) groups is 2. The van der Waals surface area contributed by atoms with E-state index in [0.717, 1.165) is 11.3 Å². The maximum Gasteiger partial charge on any atom is 0.315 e. The molecule has 0 saturated heterocycles. The highest BCUT2D eigenvalue weighted by Crippen LogP contribution is 2.31. The second kappa shape index (κ2) is 6.97. The average Bonchev–Trinajstić information content (AvgIpc) is 2.81. The van der Waals surface area contributed by atoms with Crippen molar-refractivity contribution in [3.05, 3.63) is 29.8 Å². The highest BCUT2D eigenvalue weighted by atomic mass is 16.5. The van der Waals surface area contributed by atoms with E-state index in [2.05, 4.69) is 10.6 Å². The van der Waals surface area contributed by atoms with Crippen molar-refractivity contribution in [2.24, 2.45) is 0 Å². The lowest BCUT2D eigenvalue weighted by molar-refractivity contribution is -0.137. The lowest BCUT2D eigenvalue weighted by atomic mass is 10.1. The monoisotopic (exact) mass is 292 g/mol. The molecule has 6 nitrogen and oxygen atoms in total. The van der Waals surface area contributed by atoms with E-state index in [1.807, 2.05) is 31.2 Å². The van der Waals surface area contributed by atoms with Gasteiger partial charge >= 0.3 is 12.0 Å². The molecule has 0 bridgehead atoms. The third kappa shape index (κ3) is 4.37. The van der Waals surface area contributed by atoms with E-state index in [4.69, 9.17) is 9.84 Å². The van der Waals surface area contributed by atoms with Gasteiger partial charge in [0.1, 0.15) is 12.4 Å². The summed E-state index contributed by atoms with van der Waals surface area (Å²) >= 11 is 0. The first-order valence-corrected chi connectivity index (χ1v) is 7.07. The number of ether oxygens (including phenoxy) is 1. The van der Waals surface area contributed by atoms with Crippen LogP contribution in [0.4, 0.5) is 4.79 Å². The summed E-state index contributed by atoms with van der Waals surface area (Å²) in [6.45, 7) is 2.29. The molecule has 0 saturated carbocycles. The Balaban J connectivity index is 1.76. The Bertz CT molecular complexity index is 518. The summed E-state index contributed by atoms with van der Waals surface area (Å²) in [5.74, 6) is -0.0105. The molecule has 0 radical (unpaired) electrons. The fourth-order valence-corrected chi connectivity index (χ4v) is 2.34. The van der Waals surface area contributed by atoms with Crippen molar-refractivity contribution in [2.45, 2.75) is 38.3 Å². The predicted octanol–water partition coefficient (Wildman–Crippen LogP) is 2.06. The summed E-state index contributed by atoms with van der Waals surface area (Å²) < 4.78 is 5.50. The van der Waals surface area contributed by atoms with Gasteiger partial charge in [-0.15, -0.1) is 0 Å². The highest BCUT2D eigenvalue weighted by Gasteiger charge is 2.25. The Morgan fingerprint density at radius 3 is 2.95 bits per heavy atom. The van der Waals surface area contributed by atoms with Gasteiger partial charge in [0, 0.05) is 18.0 Å². The third-order valence-corrected chi connectivity index (χ3v) is 3.41. The Hall–Kier alpha value is -2.24. The number of hydrogen-bond donors (Lipinski definition) is 3. The molecule has 3 N–H and O–H groups in total. The summed E-state index contributed by atoms with van der Waals surface area (Å²) in [5.41, 5.74) is 0.978. The van der Waals surface area contributed by atoms with Crippen molar-refractivity contribution in [2.75, 3.05) is 6.61 Å². The zero-order valence-corrected chi connectivity index (χ0v) is 12.0. The van der Waals surface area contributed by atoms with Gasteiger partial charge in [0.05, 0.1) is 6.04 Å². The molecule has 1 aliphatic heterocycles. The molecule has 114 valence electrons. The second-order valence-corrected chi connectivity index (χ2v) is 5.21. The van der Waals surface area contributed by atoms with Crippen LogP contribution in [0.2, 0.25) is 0 Å². The number of carboxylic acids is 1. The fraction of sp³-hybridized carbons (Fsp3) is 0.467. The molecular weight excluding hydrogens is 272 g/mol. The number of fused-ring (bicyclic) bond motifs is 1. The topological polar surface area (TPSA) is 87.7 Å². The van der Waals surface area contributed by atoms with Crippen LogP contribution in [-0.4, -0.2) is 29.8 Å². The van der Waals surface area contributed by atoms with Crippen molar-refractivity contribution in [1.82, 2.24) is 10.6 Å². The van der Waals surface area contributed by atoms with E-state index in [1.165, 1.54) is 0 Å². The van der Waals surface area contributed by atoms with Gasteiger partial charge in [0.25, 0.3) is 0 Å². The molecule has 2 amide bonds. The normalized spacial score (nSPS) is 17.5. The van der Waals surface area contributed by atoms with Gasteiger partial charge < -0.3 is 20.5 Å². The second-order valence-electron chi connectivity index (χ2n) is 5.21. The van der Waals surface area contributed by atoms with Crippen LogP contribution >= 0.6 is 0 Å². The van der Waals surface area contributed by atoms with Crippen LogP contribution in [0.25, 0.3) is 0 Å². The molecule has 0 aliphatic carbocycles. The standard InChI is InChI=1S/C15H20N2O4/c1-10(5-4-8-14(18)19)16-15(20)17-12-9-21-13-7-3-2-6-11(12)13/h2-3,6-7,10,12H,4-5,8-9H2,1H3,(H,18,19)(H2,16,17,20). The average molecular weight is 292 g/mol. The molecule has 0 aromatic heterocycles. The van der Waals surface area contributed by atoms with Crippen molar-refractivity contribution in [3.63, 3.8) is 0 Å². The van der Waals surface area contributed by atoms with E-state index in [0.29, 0.717) is 19.4 Å². The Morgan fingerprint density at radius 2 is 2.19 bits per heavy atom. The van der Waals surface area contributed by atoms with Crippen molar-refractivity contribution in [1.29, 1.82) is 0 Å². The first-order chi connectivity index (χ1) is 10.1. The molecule has 2 atom stereocenters. The van der Waals surface area contributed by atoms with Gasteiger partial charge in [-0.1, -0.05) is 18.2 Å². The molecule has 1 aromatic rings. The molecule has 1 heterocycles. The van der Waals surface area contributed by atoms with E-state index in [1.54, 1.807) is 0 Å². The van der Waals surface area contributed by atoms with E-state index in [9.17, 15) is 9.59 Å². The van der Waals surface area contributed by atoms with Crippen LogP contribution in [0, 0.1) is 0 Å². The number of benzene rings is 1. The molecule has 21 heavy (non-hydrogen) atoms. The smallest absolute Gasteiger partial charge is 0.315 e. The summed E-state index contributed by atoms with van der Waals surface area (Å²) in [6, 6.07) is 7.14. The minimum Gasteiger partial charge on any atom is -0.491 e. The SMILES string of the molecule is CC(CCCC(=O)O)NC(=O)NC1COc2ccccc21. The maximum absolute atomic E-state index is 11.9. The number of aliphatic carboxylic acids is 1. The number of carbonyl (C=O) groups excluding carboxylic acids is 1. The zero-order valence-electron chi connectivity index (χ0n) is 12.0. The first kappa shape index (κ1) is 15.2. The molecule has 1 aromatic carbocycles. The van der Waals surface area contributed by atoms with Crippen molar-refractivity contribution < 1.29 is 19.4 Å². The molecule has 6 heteroatoms. The van der Waals surface area contributed by atoms with Gasteiger partial charge in [-0.2, -0.15) is 0 Å². The first-order valence-electron chi connectivity index (χ1n) is 7.07. The van der Waals surface area contributed by atoms with Crippen LogP contribution < -0.4 is 15.4 Å². The fourth-order valence-electron chi connectivity index (χ4n) is 2.34. The van der Waals surface area contributed by atoms with Gasteiger partial charge in [-0.25, -0.2) is 4.79 Å². The van der Waals surface area contributed by atoms with Gasteiger partial charge in [0.15, 0.2) is 0 Å². The van der Waals surface area contributed by atoms with Gasteiger partial charge in [-0.3, -0.25) is 4.79 Å². The number of para-hydroxylation sites is 1. The number of hydrogen-bond acceptors (Lipinski definition) is 3. The van der Waals surface area contributed by atoms with E-state index < -0.39 is 5.97 Å². The number of amides is 2. The molecule has 1 aliphatic rings. The highest BCUT2D eigenvalue weighted by molar-refractivity contribution is 5.75. The quantitative estimate of drug-likeness (QED) is 0.749. The van der Waals surface area contributed by atoms with Crippen LogP contribution in [0.3, 0.4) is 0 Å². The molecule has 0 fully saturated rings. The summed E-state index contributed by atoms with van der Waals surface area (Å²) in [7, 11) is 0. The number of urea groups is 1. The molecule has 2 rings (SSSR count). The summed E-state index contributed by atoms with van der Waals surface area (Å²) in [4.78, 5) is 22.4. The number of carboxylic acid groups (broad SMARTS) is 1. The zero-order chi connectivity index (χ0) is 15.2. The minimum atomic E-state index is -0.814. The van der Waals surface area contributed by atoms with Crippen LogP contribution in [-0.2, 0) is 4.79 Å². The maximum atomic E-state index is 11.9. The molecular formula is C15H20N2O4. The summed E-state index contributed by atoms with van der Waals surface area (Å²) in [5, 5.41) is 14.3. The van der Waals surface area contributed by atoms with Gasteiger partial charge in [-0.05, 0) is 25.8 Å². The van der Waals surface area contributed by atoms with E-state index >= 15 is 0 Å². The van der Waals surface area contributed by atoms with Crippen molar-refractivity contribution >= 4 is 12.0 Å². The minimum absolute atomic E-state index is 0.0677. The Labute approximate surface area is 123 Å². The van der Waals surface area contributed by atoms with Gasteiger partial charge in [0.2, 0.25) is 0 Å². The molecule has 0 spiro atoms. The predicted molar refractivity (Wildman–Crippen MR) is 77.3 cm³/mol. The van der Waals surface area contributed by atoms with E-state index in [-0.39, 0.29) is 24.5 Å². The Kier molecular flexibility index (Phi) is 5.03. The van der Waals surface area contributed by atoms with Crippen LogP contribution in [0.5, 0.6) is 5.75 Å². The summed E-state index contributed by atoms with van der Waals surface area (Å²) in [6.07, 6.45) is 1.31. The van der Waals surface area contributed by atoms with Crippen LogP contribution in [0.15, 0.2) is 24.3 Å². The largest absolute Gasteiger partial charge is 0.491 e. The molecule has 2 unspecified atom stereocenters. The lowest BCUT2D eigenvalue weighted by Gasteiger charge is -2.17.